The molecular formula is C12H11N5O2. The first-order chi connectivity index (χ1) is 9.13. The number of nitrogens with one attached hydrogen (secondary N) is 2. The van der Waals surface area contributed by atoms with E-state index < -0.39 is 0 Å². The van der Waals surface area contributed by atoms with Crippen LogP contribution in [0.3, 0.4) is 0 Å². The molecule has 19 heavy (non-hydrogen) atoms. The van der Waals surface area contributed by atoms with Gasteiger partial charge in [-0.25, -0.2) is 0 Å². The summed E-state index contributed by atoms with van der Waals surface area (Å²) in [6, 6.07) is 7.24. The Bertz CT molecular complexity index is 758. The topological polar surface area (TPSA) is 110 Å². The van der Waals surface area contributed by atoms with Gasteiger partial charge in [-0.15, -0.1) is 5.10 Å². The molecule has 1 amide bonds. The van der Waals surface area contributed by atoms with Crippen LogP contribution in [0.15, 0.2) is 28.7 Å². The van der Waals surface area contributed by atoms with E-state index in [2.05, 4.69) is 20.5 Å². The summed E-state index contributed by atoms with van der Waals surface area (Å²) in [5, 5.41) is 10.7. The van der Waals surface area contributed by atoms with Crippen molar-refractivity contribution in [1.29, 1.82) is 0 Å². The van der Waals surface area contributed by atoms with Crippen LogP contribution < -0.4 is 11.1 Å². The first kappa shape index (κ1) is 11.3. The van der Waals surface area contributed by atoms with Gasteiger partial charge in [0.2, 0.25) is 5.89 Å². The van der Waals surface area contributed by atoms with Crippen molar-refractivity contribution >= 4 is 28.5 Å². The van der Waals surface area contributed by atoms with E-state index in [0.717, 1.165) is 10.9 Å². The molecule has 7 nitrogen and oxygen atoms in total. The van der Waals surface area contributed by atoms with Crippen LogP contribution in [0.5, 0.6) is 0 Å². The summed E-state index contributed by atoms with van der Waals surface area (Å²) in [6.45, 7) is 1.65. The van der Waals surface area contributed by atoms with Gasteiger partial charge in [-0.1, -0.05) is 17.2 Å². The quantitative estimate of drug-likeness (QED) is 0.605. The zero-order valence-electron chi connectivity index (χ0n) is 10.1. The summed E-state index contributed by atoms with van der Waals surface area (Å²) in [4.78, 5) is 15.0. The Morgan fingerprint density at radius 2 is 2.26 bits per heavy atom. The number of nitrogens with two attached hydrogens (primary N) is 1. The second kappa shape index (κ2) is 4.13. The van der Waals surface area contributed by atoms with Crippen molar-refractivity contribution in [2.24, 2.45) is 0 Å². The highest BCUT2D eigenvalue weighted by atomic mass is 16.4. The smallest absolute Gasteiger partial charge is 0.322 e. The Labute approximate surface area is 107 Å². The van der Waals surface area contributed by atoms with E-state index in [1.807, 2.05) is 12.1 Å². The van der Waals surface area contributed by atoms with Crippen LogP contribution in [0, 0.1) is 6.92 Å². The molecule has 4 N–H and O–H groups in total. The summed E-state index contributed by atoms with van der Waals surface area (Å²) in [7, 11) is 0. The number of para-hydroxylation sites is 1. The van der Waals surface area contributed by atoms with Crippen LogP contribution in [0.1, 0.15) is 16.4 Å². The normalized spacial score (nSPS) is 10.8. The highest BCUT2D eigenvalue weighted by molar-refractivity contribution is 6.06. The lowest BCUT2D eigenvalue weighted by atomic mass is 10.2. The molecule has 0 fully saturated rings. The SMILES string of the molecule is Cc1nnc(NC(=O)c2cc3cccc(N)c3[nH]2)o1. The van der Waals surface area contributed by atoms with Crippen molar-refractivity contribution in [2.75, 3.05) is 11.1 Å². The van der Waals surface area contributed by atoms with Gasteiger partial charge in [0.25, 0.3) is 5.91 Å². The summed E-state index contributed by atoms with van der Waals surface area (Å²) >= 11 is 0. The lowest BCUT2D eigenvalue weighted by Gasteiger charge is -1.96. The standard InChI is InChI=1S/C12H11N5O2/c1-6-16-17-12(19-6)15-11(18)9-5-7-3-2-4-8(13)10(7)14-9/h2-5,14H,13H2,1H3,(H,15,17,18). The number of aryl methyl sites for hydroxylation is 1. The minimum Gasteiger partial charge on any atom is -0.408 e. The predicted octanol–water partition coefficient (Wildman–Crippen LogP) is 1.69. The molecule has 3 aromatic rings. The third kappa shape index (κ3) is 2.01. The molecule has 2 heterocycles. The first-order valence-electron chi connectivity index (χ1n) is 5.62. The number of hydrogen-bond donors (Lipinski definition) is 3. The third-order valence-electron chi connectivity index (χ3n) is 2.68. The molecule has 96 valence electrons. The molecule has 0 saturated carbocycles. The Hall–Kier alpha value is -2.83. The second-order valence-corrected chi connectivity index (χ2v) is 4.07. The first-order valence-corrected chi connectivity index (χ1v) is 5.62. The van der Waals surface area contributed by atoms with Crippen molar-refractivity contribution < 1.29 is 9.21 Å². The Balaban J connectivity index is 1.91. The van der Waals surface area contributed by atoms with Crippen LogP contribution in [0.4, 0.5) is 11.7 Å². The number of benzene rings is 1. The number of amides is 1. The molecule has 0 aliphatic carbocycles. The molecule has 0 bridgehead atoms. The van der Waals surface area contributed by atoms with E-state index in [1.54, 1.807) is 19.1 Å². The highest BCUT2D eigenvalue weighted by Gasteiger charge is 2.13. The highest BCUT2D eigenvalue weighted by Crippen LogP contribution is 2.21. The number of H-pyrrole nitrogens is 1. The number of anilines is 2. The molecule has 0 aliphatic rings. The number of nitrogens with zero attached hydrogens (tertiary/aromatic N) is 2. The lowest BCUT2D eigenvalue weighted by Crippen LogP contribution is -2.12. The fraction of sp³-hybridized carbons (Fsp3) is 0.0833. The Kier molecular flexibility index (Phi) is 2.45. The van der Waals surface area contributed by atoms with Crippen molar-refractivity contribution in [1.82, 2.24) is 15.2 Å². The number of hydrogen-bond acceptors (Lipinski definition) is 5. The van der Waals surface area contributed by atoms with Gasteiger partial charge in [-0.05, 0) is 12.1 Å². The van der Waals surface area contributed by atoms with E-state index in [4.69, 9.17) is 10.2 Å². The molecule has 2 aromatic heterocycles. The van der Waals surface area contributed by atoms with Gasteiger partial charge in [0.15, 0.2) is 0 Å². The van der Waals surface area contributed by atoms with Gasteiger partial charge in [0.05, 0.1) is 11.2 Å². The molecule has 7 heteroatoms. The van der Waals surface area contributed by atoms with Gasteiger partial charge in [-0.2, -0.15) is 0 Å². The molecule has 3 rings (SSSR count). The molecule has 0 aliphatic heterocycles. The zero-order valence-corrected chi connectivity index (χ0v) is 10.1. The summed E-state index contributed by atoms with van der Waals surface area (Å²) in [5.41, 5.74) is 7.52. The number of carbonyl (C=O) groups is 1. The molecule has 1 aromatic carbocycles. The van der Waals surface area contributed by atoms with Gasteiger partial charge >= 0.3 is 6.01 Å². The Morgan fingerprint density at radius 1 is 1.42 bits per heavy atom. The van der Waals surface area contributed by atoms with Crippen LogP contribution >= 0.6 is 0 Å². The van der Waals surface area contributed by atoms with Crippen molar-refractivity contribution in [2.45, 2.75) is 6.92 Å². The number of rotatable bonds is 2. The predicted molar refractivity (Wildman–Crippen MR) is 69.7 cm³/mol. The lowest BCUT2D eigenvalue weighted by molar-refractivity contribution is 0.102. The zero-order chi connectivity index (χ0) is 13.4. The maximum absolute atomic E-state index is 12.0. The number of fused-ring (bicyclic) bond motifs is 1. The van der Waals surface area contributed by atoms with E-state index in [0.29, 0.717) is 17.3 Å². The second-order valence-electron chi connectivity index (χ2n) is 4.07. The molecule has 0 saturated heterocycles. The molecule has 0 spiro atoms. The molecule has 0 radical (unpaired) electrons. The van der Waals surface area contributed by atoms with Crippen molar-refractivity contribution in [3.8, 4) is 0 Å². The van der Waals surface area contributed by atoms with Gasteiger partial charge < -0.3 is 15.1 Å². The molecule has 0 unspecified atom stereocenters. The van der Waals surface area contributed by atoms with Gasteiger partial charge in [0, 0.05) is 12.3 Å². The fourth-order valence-electron chi connectivity index (χ4n) is 1.81. The minimum atomic E-state index is -0.362. The monoisotopic (exact) mass is 257 g/mol. The van der Waals surface area contributed by atoms with Crippen LogP contribution in [-0.2, 0) is 0 Å². The van der Waals surface area contributed by atoms with E-state index in [-0.39, 0.29) is 11.9 Å². The Morgan fingerprint density at radius 3 is 2.95 bits per heavy atom. The van der Waals surface area contributed by atoms with Gasteiger partial charge in [-0.3, -0.25) is 10.1 Å². The van der Waals surface area contributed by atoms with E-state index >= 15 is 0 Å². The van der Waals surface area contributed by atoms with E-state index in [9.17, 15) is 4.79 Å². The number of nitrogen functional groups attached to an aromatic ring is 1. The number of carbonyl (C=O) groups excluding carboxylic acids is 1. The maximum atomic E-state index is 12.0. The number of aromatic nitrogens is 3. The summed E-state index contributed by atoms with van der Waals surface area (Å²) < 4.78 is 5.08. The molecular weight excluding hydrogens is 246 g/mol. The van der Waals surface area contributed by atoms with Gasteiger partial charge in [0.1, 0.15) is 5.69 Å². The number of aromatic amines is 1. The fourth-order valence-corrected chi connectivity index (χ4v) is 1.81. The average Bonchev–Trinajstić information content (AvgIpc) is 2.96. The van der Waals surface area contributed by atoms with E-state index in [1.165, 1.54) is 0 Å². The van der Waals surface area contributed by atoms with Crippen molar-refractivity contribution in [3.05, 3.63) is 35.9 Å². The summed E-state index contributed by atoms with van der Waals surface area (Å²) in [5.74, 6) is 0.0236. The van der Waals surface area contributed by atoms with Crippen molar-refractivity contribution in [3.63, 3.8) is 0 Å². The largest absolute Gasteiger partial charge is 0.408 e. The van der Waals surface area contributed by atoms with Crippen LogP contribution in [0.2, 0.25) is 0 Å². The summed E-state index contributed by atoms with van der Waals surface area (Å²) in [6.07, 6.45) is 0. The third-order valence-corrected chi connectivity index (χ3v) is 2.68. The average molecular weight is 257 g/mol. The van der Waals surface area contributed by atoms with Crippen LogP contribution in [-0.4, -0.2) is 21.1 Å². The maximum Gasteiger partial charge on any atom is 0.322 e. The minimum absolute atomic E-state index is 0.0640. The molecule has 0 atom stereocenters. The van der Waals surface area contributed by atoms with Crippen LogP contribution in [0.25, 0.3) is 10.9 Å².